The second-order valence-electron chi connectivity index (χ2n) is 12.0. The number of carbonyl (C=O) groups is 1. The van der Waals surface area contributed by atoms with E-state index in [0.29, 0.717) is 43.2 Å². The number of hydrogen-bond acceptors (Lipinski definition) is 7. The predicted octanol–water partition coefficient (Wildman–Crippen LogP) is 7.03. The van der Waals surface area contributed by atoms with E-state index in [9.17, 15) is 31.1 Å². The Balaban J connectivity index is 1.35. The second kappa shape index (κ2) is 12.3. The Hall–Kier alpha value is -4.46. The number of carbonyl (C=O) groups excluding carboxylic acids is 1. The molecule has 3 aromatic carbocycles. The van der Waals surface area contributed by atoms with Crippen LogP contribution in [0.2, 0.25) is 0 Å². The third kappa shape index (κ3) is 6.42. The first-order chi connectivity index (χ1) is 22.3. The normalized spacial score (nSPS) is 23.2. The van der Waals surface area contributed by atoms with Crippen molar-refractivity contribution in [3.05, 3.63) is 107 Å². The van der Waals surface area contributed by atoms with Crippen molar-refractivity contribution in [2.24, 2.45) is 5.10 Å². The summed E-state index contributed by atoms with van der Waals surface area (Å²) < 4.78 is 99.7. The van der Waals surface area contributed by atoms with Crippen LogP contribution in [0.25, 0.3) is 0 Å². The van der Waals surface area contributed by atoms with Gasteiger partial charge in [0.1, 0.15) is 19.9 Å². The summed E-state index contributed by atoms with van der Waals surface area (Å²) in [7, 11) is 0. The van der Waals surface area contributed by atoms with Gasteiger partial charge in [0.2, 0.25) is 0 Å². The van der Waals surface area contributed by atoms with Crippen LogP contribution in [-0.4, -0.2) is 53.9 Å². The maximum atomic E-state index is 14.1. The van der Waals surface area contributed by atoms with E-state index in [4.69, 9.17) is 14.2 Å². The van der Waals surface area contributed by atoms with E-state index in [1.54, 1.807) is 23.1 Å². The largest absolute Gasteiger partial charge is 0.461 e. The zero-order valence-electron chi connectivity index (χ0n) is 25.3. The van der Waals surface area contributed by atoms with E-state index in [2.05, 4.69) is 10.5 Å². The topological polar surface area (TPSA) is 75.6 Å². The number of nitrogens with zero attached hydrogens (tertiary/aromatic N) is 3. The van der Waals surface area contributed by atoms with Crippen LogP contribution in [0.5, 0.6) is 0 Å². The first-order valence-electron chi connectivity index (χ1n) is 15.0. The first kappa shape index (κ1) is 32.5. The molecule has 47 heavy (non-hydrogen) atoms. The Morgan fingerprint density at radius 1 is 0.957 bits per heavy atom. The summed E-state index contributed by atoms with van der Waals surface area (Å²) in [4.78, 5) is 17.6. The molecule has 14 heteroatoms. The maximum Gasteiger partial charge on any atom is 0.416 e. The van der Waals surface area contributed by atoms with E-state index < -0.39 is 46.8 Å². The van der Waals surface area contributed by atoms with E-state index in [1.165, 1.54) is 6.92 Å². The Kier molecular flexibility index (Phi) is 8.49. The first-order valence-corrected chi connectivity index (χ1v) is 15.0. The van der Waals surface area contributed by atoms with Gasteiger partial charge in [-0.3, -0.25) is 15.2 Å². The average Bonchev–Trinajstić information content (AvgIpc) is 3.67. The van der Waals surface area contributed by atoms with E-state index in [1.807, 2.05) is 47.4 Å². The number of fused-ring (bicyclic) bond motifs is 2. The van der Waals surface area contributed by atoms with Crippen molar-refractivity contribution in [2.45, 2.75) is 55.9 Å². The minimum atomic E-state index is -5.01. The number of amides is 1. The van der Waals surface area contributed by atoms with Crippen molar-refractivity contribution in [1.29, 1.82) is 0 Å². The third-order valence-corrected chi connectivity index (χ3v) is 9.04. The van der Waals surface area contributed by atoms with Gasteiger partial charge in [0.15, 0.2) is 0 Å². The highest BCUT2D eigenvalue weighted by Crippen LogP contribution is 2.47. The van der Waals surface area contributed by atoms with Crippen molar-refractivity contribution >= 4 is 12.1 Å². The van der Waals surface area contributed by atoms with Crippen molar-refractivity contribution in [3.8, 4) is 0 Å². The third-order valence-electron chi connectivity index (χ3n) is 9.04. The fourth-order valence-corrected chi connectivity index (χ4v) is 6.39. The quantitative estimate of drug-likeness (QED) is 0.274. The molecule has 0 aliphatic carbocycles. The molecule has 3 atom stereocenters. The second-order valence-corrected chi connectivity index (χ2v) is 12.0. The lowest BCUT2D eigenvalue weighted by atomic mass is 9.74. The lowest BCUT2D eigenvalue weighted by Crippen LogP contribution is -2.66. The molecule has 6 rings (SSSR count). The number of alkyl halides is 6. The van der Waals surface area contributed by atoms with Crippen LogP contribution in [0, 0.1) is 0 Å². The molecule has 1 spiro atoms. The van der Waals surface area contributed by atoms with Gasteiger partial charge >= 0.3 is 24.5 Å². The van der Waals surface area contributed by atoms with Crippen molar-refractivity contribution < 1.29 is 45.3 Å². The van der Waals surface area contributed by atoms with Gasteiger partial charge in [-0.25, -0.2) is 4.79 Å². The number of hydrogen-bond donors (Lipinski definition) is 1. The smallest absolute Gasteiger partial charge is 0.416 e. The summed E-state index contributed by atoms with van der Waals surface area (Å²) in [6.07, 6.45) is -11.1. The summed E-state index contributed by atoms with van der Waals surface area (Å²) in [5.74, 6) is 0. The molecule has 8 nitrogen and oxygen atoms in total. The van der Waals surface area contributed by atoms with E-state index >= 15 is 0 Å². The summed E-state index contributed by atoms with van der Waals surface area (Å²) in [6, 6.07) is 19.9. The van der Waals surface area contributed by atoms with Crippen LogP contribution in [-0.2, 0) is 38.7 Å². The van der Waals surface area contributed by atoms with Crippen LogP contribution in [0.15, 0.2) is 84.0 Å². The minimum absolute atomic E-state index is 0.0236. The molecule has 0 unspecified atom stereocenters. The molecule has 3 heterocycles. The highest BCUT2D eigenvalue weighted by atomic mass is 19.4. The monoisotopic (exact) mass is 662 g/mol. The van der Waals surface area contributed by atoms with Crippen LogP contribution in [0.4, 0.5) is 31.1 Å². The Morgan fingerprint density at radius 3 is 2.23 bits per heavy atom. The van der Waals surface area contributed by atoms with Crippen LogP contribution >= 0.6 is 0 Å². The Labute approximate surface area is 266 Å². The molecule has 0 aromatic heterocycles. The number of hydrazone groups is 1. The van der Waals surface area contributed by atoms with Crippen LogP contribution in [0.1, 0.15) is 53.7 Å². The summed E-state index contributed by atoms with van der Waals surface area (Å²) in [5, 5.41) is 4.18. The Morgan fingerprint density at radius 2 is 1.60 bits per heavy atom. The fourth-order valence-electron chi connectivity index (χ4n) is 6.39. The summed E-state index contributed by atoms with van der Waals surface area (Å²) in [5.41, 5.74) is -0.696. The number of piperidine rings is 1. The number of halogens is 6. The van der Waals surface area contributed by atoms with Crippen molar-refractivity contribution in [1.82, 2.24) is 15.2 Å². The van der Waals surface area contributed by atoms with Gasteiger partial charge in [0.05, 0.1) is 41.5 Å². The summed E-state index contributed by atoms with van der Waals surface area (Å²) >= 11 is 0. The summed E-state index contributed by atoms with van der Waals surface area (Å²) in [6.45, 7) is 1.86. The molecule has 1 amide bonds. The number of amidine groups is 1. The number of nitrogens with one attached hydrogen (secondary N) is 1. The average molecular weight is 663 g/mol. The lowest BCUT2D eigenvalue weighted by Gasteiger charge is -2.53. The molecular weight excluding hydrogens is 630 g/mol. The molecule has 2 saturated heterocycles. The minimum Gasteiger partial charge on any atom is -0.461 e. The Bertz CT molecular complexity index is 1590. The van der Waals surface area contributed by atoms with Gasteiger partial charge in [0, 0.05) is 0 Å². The van der Waals surface area contributed by atoms with Gasteiger partial charge in [0.25, 0.3) is 0 Å². The van der Waals surface area contributed by atoms with Gasteiger partial charge in [-0.1, -0.05) is 60.7 Å². The van der Waals surface area contributed by atoms with Crippen LogP contribution in [0.3, 0.4) is 0 Å². The molecule has 0 radical (unpaired) electrons. The van der Waals surface area contributed by atoms with Gasteiger partial charge in [-0.2, -0.15) is 26.3 Å². The molecular formula is C33H32F6N4O4. The molecule has 3 aliphatic rings. The highest BCUT2D eigenvalue weighted by molar-refractivity contribution is 5.78. The number of likely N-dealkylation sites (tertiary alicyclic amines) is 1. The fraction of sp³-hybridized carbons (Fsp3) is 0.394. The number of rotatable bonds is 7. The molecule has 3 aromatic rings. The zero-order valence-corrected chi connectivity index (χ0v) is 25.3. The number of benzene rings is 3. The highest BCUT2D eigenvalue weighted by Gasteiger charge is 2.58. The van der Waals surface area contributed by atoms with E-state index in [0.717, 1.165) is 5.56 Å². The predicted molar refractivity (Wildman–Crippen MR) is 157 cm³/mol. The van der Waals surface area contributed by atoms with Crippen molar-refractivity contribution in [2.75, 3.05) is 26.4 Å². The van der Waals surface area contributed by atoms with Gasteiger partial charge < -0.3 is 14.2 Å². The molecule has 2 fully saturated rings. The van der Waals surface area contributed by atoms with E-state index in [-0.39, 0.29) is 38.0 Å². The maximum absolute atomic E-state index is 14.1. The van der Waals surface area contributed by atoms with Gasteiger partial charge in [-0.05, 0) is 54.7 Å². The van der Waals surface area contributed by atoms with Crippen molar-refractivity contribution in [3.63, 3.8) is 0 Å². The molecule has 250 valence electrons. The SMILES string of the molecule is C[C@@H](OC[C@@]1(c2ccccc2)CC[C@@]2(COC3=NNCN32)CN1C(=O)OCc1ccccc1)c1cc(C(F)(F)F)cc(C(F)(F)F)c1. The molecule has 0 saturated carbocycles. The zero-order chi connectivity index (χ0) is 33.5. The standard InChI is InChI=1S/C33H32F6N4O4/c1-22(24-14-26(32(34,35)36)16-27(15-24)33(37,38)39)46-20-31(25-10-6-3-7-11-25)13-12-30(19-47-28-41-40-21-43(28)30)18-42(31)29(44)45-17-23-8-4-2-5-9-23/h2-11,14-16,22,40H,12-13,17-21H2,1H3/t22-,30+,31-/m1/s1. The van der Waals surface area contributed by atoms with Gasteiger partial charge in [-0.15, -0.1) is 5.10 Å². The lowest BCUT2D eigenvalue weighted by molar-refractivity contribution is -0.143. The molecule has 0 bridgehead atoms. The number of ether oxygens (including phenoxy) is 3. The van der Waals surface area contributed by atoms with Crippen LogP contribution < -0.4 is 5.43 Å². The molecule has 1 N–H and O–H groups in total. The molecule has 3 aliphatic heterocycles.